The molecule has 2 amide bonds. The number of aromatic nitrogens is 1. The highest BCUT2D eigenvalue weighted by Gasteiger charge is 2.24. The maximum atomic E-state index is 13.4. The lowest BCUT2D eigenvalue weighted by Gasteiger charge is -2.29. The Hall–Kier alpha value is -3.67. The first-order valence-corrected chi connectivity index (χ1v) is 11.4. The number of rotatable bonds is 8. The summed E-state index contributed by atoms with van der Waals surface area (Å²) in [5, 5.41) is 2.94. The Labute approximate surface area is 195 Å². The molecule has 0 saturated carbocycles. The van der Waals surface area contributed by atoms with E-state index in [2.05, 4.69) is 34.4 Å². The maximum absolute atomic E-state index is 13.4. The van der Waals surface area contributed by atoms with Crippen LogP contribution in [0.2, 0.25) is 0 Å². The Morgan fingerprint density at radius 2 is 1.88 bits per heavy atom. The Kier molecular flexibility index (Phi) is 7.03. The van der Waals surface area contributed by atoms with Crippen LogP contribution in [0.25, 0.3) is 0 Å². The zero-order valence-corrected chi connectivity index (χ0v) is 19.2. The van der Waals surface area contributed by atoms with Gasteiger partial charge in [0.1, 0.15) is 5.69 Å². The number of benzene rings is 2. The molecule has 0 fully saturated rings. The molecule has 3 aromatic rings. The predicted octanol–water partition coefficient (Wildman–Crippen LogP) is 3.58. The summed E-state index contributed by atoms with van der Waals surface area (Å²) in [5.74, 6) is -0.199. The van der Waals surface area contributed by atoms with Crippen LogP contribution in [0.4, 0.5) is 5.69 Å². The summed E-state index contributed by atoms with van der Waals surface area (Å²) >= 11 is 0. The Bertz CT molecular complexity index is 1100. The molecule has 2 aromatic carbocycles. The van der Waals surface area contributed by atoms with Crippen LogP contribution < -0.4 is 10.2 Å². The minimum absolute atomic E-state index is 0.00402. The van der Waals surface area contributed by atoms with Crippen molar-refractivity contribution in [3.05, 3.63) is 95.3 Å². The van der Waals surface area contributed by atoms with Crippen LogP contribution in [0.15, 0.2) is 72.9 Å². The van der Waals surface area contributed by atoms with Gasteiger partial charge in [-0.2, -0.15) is 0 Å². The van der Waals surface area contributed by atoms with Crippen LogP contribution in [0, 0.1) is 0 Å². The topological polar surface area (TPSA) is 65.5 Å². The molecule has 1 aliphatic rings. The molecule has 0 spiro atoms. The number of likely N-dealkylation sites (N-methyl/N-ethyl adjacent to an activating group) is 2. The van der Waals surface area contributed by atoms with Gasteiger partial charge in [0.15, 0.2) is 0 Å². The van der Waals surface area contributed by atoms with Gasteiger partial charge in [-0.1, -0.05) is 36.4 Å². The molecule has 170 valence electrons. The van der Waals surface area contributed by atoms with E-state index in [1.807, 2.05) is 48.3 Å². The fourth-order valence-corrected chi connectivity index (χ4v) is 4.33. The highest BCUT2D eigenvalue weighted by molar-refractivity contribution is 5.95. The summed E-state index contributed by atoms with van der Waals surface area (Å²) in [6.07, 6.45) is 3.93. The Morgan fingerprint density at radius 3 is 2.64 bits per heavy atom. The number of nitrogens with one attached hydrogen (secondary N) is 1. The quantitative estimate of drug-likeness (QED) is 0.579. The van der Waals surface area contributed by atoms with E-state index in [1.54, 1.807) is 24.4 Å². The van der Waals surface area contributed by atoms with E-state index in [-0.39, 0.29) is 17.9 Å². The van der Waals surface area contributed by atoms with Crippen molar-refractivity contribution in [3.63, 3.8) is 0 Å². The van der Waals surface area contributed by atoms with Gasteiger partial charge in [-0.3, -0.25) is 14.6 Å². The summed E-state index contributed by atoms with van der Waals surface area (Å²) in [5.41, 5.74) is 4.69. The molecule has 1 unspecified atom stereocenters. The molecule has 2 heterocycles. The van der Waals surface area contributed by atoms with Crippen LogP contribution in [0.1, 0.15) is 38.4 Å². The van der Waals surface area contributed by atoms with Crippen LogP contribution in [0.3, 0.4) is 0 Å². The van der Waals surface area contributed by atoms with Crippen molar-refractivity contribution in [1.82, 2.24) is 15.2 Å². The van der Waals surface area contributed by atoms with Crippen molar-refractivity contribution in [2.24, 2.45) is 0 Å². The van der Waals surface area contributed by atoms with E-state index in [4.69, 9.17) is 0 Å². The minimum Gasteiger partial charge on any atom is -0.374 e. The van der Waals surface area contributed by atoms with Gasteiger partial charge in [0.2, 0.25) is 0 Å². The second-order valence-electron chi connectivity index (χ2n) is 8.53. The number of pyridine rings is 1. The SMILES string of the molecule is CN1CCc2cc(C(=O)N(C)C(CCNC(=O)c3ccccn3)Cc3ccccc3)ccc21. The Morgan fingerprint density at radius 1 is 1.09 bits per heavy atom. The van der Waals surface area contributed by atoms with E-state index in [9.17, 15) is 9.59 Å². The summed E-state index contributed by atoms with van der Waals surface area (Å²) in [7, 11) is 3.93. The van der Waals surface area contributed by atoms with E-state index >= 15 is 0 Å². The molecular weight excluding hydrogens is 412 g/mol. The van der Waals surface area contributed by atoms with Gasteiger partial charge in [0.05, 0.1) is 0 Å². The molecule has 0 aliphatic carbocycles. The lowest BCUT2D eigenvalue weighted by molar-refractivity contribution is 0.0722. The van der Waals surface area contributed by atoms with Crippen molar-refractivity contribution in [1.29, 1.82) is 0 Å². The molecular formula is C27H30N4O2. The molecule has 1 N–H and O–H groups in total. The third-order valence-electron chi connectivity index (χ3n) is 6.30. The zero-order valence-electron chi connectivity index (χ0n) is 19.2. The first-order valence-electron chi connectivity index (χ1n) is 11.4. The molecule has 1 atom stereocenters. The minimum atomic E-state index is -0.203. The number of nitrogens with zero attached hydrogens (tertiary/aromatic N) is 3. The smallest absolute Gasteiger partial charge is 0.269 e. The third kappa shape index (κ3) is 5.40. The highest BCUT2D eigenvalue weighted by Crippen LogP contribution is 2.28. The number of hydrogen-bond donors (Lipinski definition) is 1. The average molecular weight is 443 g/mol. The first-order chi connectivity index (χ1) is 16.0. The number of anilines is 1. The summed E-state index contributed by atoms with van der Waals surface area (Å²) in [4.78, 5) is 33.9. The van der Waals surface area contributed by atoms with Crippen molar-refractivity contribution in [3.8, 4) is 0 Å². The number of fused-ring (bicyclic) bond motifs is 1. The molecule has 0 saturated heterocycles. The largest absolute Gasteiger partial charge is 0.374 e. The summed E-state index contributed by atoms with van der Waals surface area (Å²) in [6.45, 7) is 1.44. The molecule has 1 aromatic heterocycles. The first kappa shape index (κ1) is 22.5. The van der Waals surface area contributed by atoms with Crippen molar-refractivity contribution in [2.75, 3.05) is 32.1 Å². The zero-order chi connectivity index (χ0) is 23.2. The molecule has 0 radical (unpaired) electrons. The number of amides is 2. The third-order valence-corrected chi connectivity index (χ3v) is 6.30. The second-order valence-corrected chi connectivity index (χ2v) is 8.53. The normalized spacial score (nSPS) is 13.3. The number of carbonyl (C=O) groups excluding carboxylic acids is 2. The van der Waals surface area contributed by atoms with E-state index < -0.39 is 0 Å². The molecule has 0 bridgehead atoms. The van der Waals surface area contributed by atoms with E-state index in [0.717, 1.165) is 24.9 Å². The monoisotopic (exact) mass is 442 g/mol. The van der Waals surface area contributed by atoms with Crippen molar-refractivity contribution < 1.29 is 9.59 Å². The lowest BCUT2D eigenvalue weighted by atomic mass is 10.0. The van der Waals surface area contributed by atoms with Gasteiger partial charge in [-0.25, -0.2) is 0 Å². The fraction of sp³-hybridized carbons (Fsp3) is 0.296. The fourth-order valence-electron chi connectivity index (χ4n) is 4.33. The van der Waals surface area contributed by atoms with Gasteiger partial charge in [0, 0.05) is 50.7 Å². The molecule has 4 rings (SSSR count). The van der Waals surface area contributed by atoms with Gasteiger partial charge >= 0.3 is 0 Å². The second kappa shape index (κ2) is 10.3. The van der Waals surface area contributed by atoms with Crippen molar-refractivity contribution in [2.45, 2.75) is 25.3 Å². The molecule has 6 heteroatoms. The summed E-state index contributed by atoms with van der Waals surface area (Å²) in [6, 6.07) is 21.4. The van der Waals surface area contributed by atoms with Gasteiger partial charge in [0.25, 0.3) is 11.8 Å². The van der Waals surface area contributed by atoms with Crippen LogP contribution in [-0.2, 0) is 12.8 Å². The predicted molar refractivity (Wildman–Crippen MR) is 131 cm³/mol. The molecule has 33 heavy (non-hydrogen) atoms. The summed E-state index contributed by atoms with van der Waals surface area (Å²) < 4.78 is 0. The Balaban J connectivity index is 1.46. The average Bonchev–Trinajstić information content (AvgIpc) is 3.23. The highest BCUT2D eigenvalue weighted by atomic mass is 16.2. The van der Waals surface area contributed by atoms with Gasteiger partial charge in [-0.05, 0) is 60.7 Å². The van der Waals surface area contributed by atoms with Gasteiger partial charge < -0.3 is 15.1 Å². The standard InChI is InChI=1S/C27H30N4O2/c1-30-17-14-21-19-22(11-12-25(21)30)27(33)31(2)23(18-20-8-4-3-5-9-20)13-16-29-26(32)24-10-6-7-15-28-24/h3-12,15,19,23H,13-14,16-18H2,1-2H3,(H,29,32). The number of hydrogen-bond acceptors (Lipinski definition) is 4. The lowest BCUT2D eigenvalue weighted by Crippen LogP contribution is -2.41. The molecule has 6 nitrogen and oxygen atoms in total. The van der Waals surface area contributed by atoms with Crippen LogP contribution >= 0.6 is 0 Å². The van der Waals surface area contributed by atoms with Crippen molar-refractivity contribution >= 4 is 17.5 Å². The van der Waals surface area contributed by atoms with E-state index in [1.165, 1.54) is 11.3 Å². The van der Waals surface area contributed by atoms with Crippen LogP contribution in [0.5, 0.6) is 0 Å². The number of carbonyl (C=O) groups is 2. The van der Waals surface area contributed by atoms with E-state index in [0.29, 0.717) is 24.2 Å². The van der Waals surface area contributed by atoms with Crippen LogP contribution in [-0.4, -0.2) is 54.9 Å². The molecule has 1 aliphatic heterocycles. The van der Waals surface area contributed by atoms with Gasteiger partial charge in [-0.15, -0.1) is 0 Å². The maximum Gasteiger partial charge on any atom is 0.269 e.